The number of rotatable bonds is 5. The van der Waals surface area contributed by atoms with Crippen molar-refractivity contribution in [3.63, 3.8) is 0 Å². The minimum Gasteiger partial charge on any atom is -0.325 e. The van der Waals surface area contributed by atoms with Crippen molar-refractivity contribution in [1.82, 2.24) is 9.97 Å². The monoisotopic (exact) mass is 441 g/mol. The molecule has 10 heteroatoms. The number of nitrogens with one attached hydrogen (secondary N) is 1. The summed E-state index contributed by atoms with van der Waals surface area (Å²) in [4.78, 5) is 19.7. The van der Waals surface area contributed by atoms with Gasteiger partial charge in [-0.3, -0.25) is 4.79 Å². The van der Waals surface area contributed by atoms with Crippen molar-refractivity contribution < 1.29 is 22.4 Å². The summed E-state index contributed by atoms with van der Waals surface area (Å²) >= 11 is 6.57. The van der Waals surface area contributed by atoms with Crippen LogP contribution < -0.4 is 5.32 Å². The Balaban J connectivity index is 1.78. The smallest absolute Gasteiger partial charge is 0.325 e. The molecule has 4 nitrogen and oxygen atoms in total. The number of thioether (sulfide) groups is 1. The van der Waals surface area contributed by atoms with Gasteiger partial charge in [0.1, 0.15) is 11.5 Å². The first-order valence-electron chi connectivity index (χ1n) is 8.11. The number of aromatic nitrogens is 2. The molecule has 0 atom stereocenters. The van der Waals surface area contributed by atoms with E-state index in [9.17, 15) is 22.4 Å². The molecule has 2 aromatic carbocycles. The molecule has 0 saturated carbocycles. The van der Waals surface area contributed by atoms with E-state index in [1.807, 2.05) is 0 Å². The Bertz CT molecular complexity index is 1010. The molecular weight excluding hydrogens is 430 g/mol. The van der Waals surface area contributed by atoms with E-state index in [1.165, 1.54) is 36.4 Å². The highest BCUT2D eigenvalue weighted by Crippen LogP contribution is 2.32. The normalized spacial score (nSPS) is 11.3. The lowest BCUT2D eigenvalue weighted by molar-refractivity contribution is -0.141. The fourth-order valence-corrected chi connectivity index (χ4v) is 3.05. The van der Waals surface area contributed by atoms with E-state index in [0.717, 1.165) is 17.8 Å². The van der Waals surface area contributed by atoms with Gasteiger partial charge in [-0.05, 0) is 42.5 Å². The lowest BCUT2D eigenvalue weighted by Crippen LogP contribution is -2.15. The average molecular weight is 442 g/mol. The van der Waals surface area contributed by atoms with E-state index in [2.05, 4.69) is 15.3 Å². The molecule has 0 aliphatic heterocycles. The lowest BCUT2D eigenvalue weighted by atomic mass is 10.1. The van der Waals surface area contributed by atoms with E-state index in [0.29, 0.717) is 16.3 Å². The summed E-state index contributed by atoms with van der Waals surface area (Å²) < 4.78 is 52.5. The average Bonchev–Trinajstić information content (AvgIpc) is 2.68. The van der Waals surface area contributed by atoms with E-state index >= 15 is 0 Å². The van der Waals surface area contributed by atoms with Gasteiger partial charge < -0.3 is 5.32 Å². The van der Waals surface area contributed by atoms with Crippen molar-refractivity contribution in [1.29, 1.82) is 0 Å². The zero-order valence-corrected chi connectivity index (χ0v) is 16.1. The molecule has 1 aromatic heterocycles. The summed E-state index contributed by atoms with van der Waals surface area (Å²) in [5, 5.41) is 2.76. The number of alkyl halides is 3. The molecule has 0 bridgehead atoms. The molecule has 0 aliphatic rings. The maximum absolute atomic E-state index is 13.2. The van der Waals surface area contributed by atoms with E-state index in [1.54, 1.807) is 12.1 Å². The number of carbonyl (C=O) groups is 1. The Labute approximate surface area is 172 Å². The summed E-state index contributed by atoms with van der Waals surface area (Å²) in [7, 11) is 0. The molecule has 3 aromatic rings. The molecule has 1 heterocycles. The highest BCUT2D eigenvalue weighted by molar-refractivity contribution is 7.99. The SMILES string of the molecule is O=C(CSc1nc(-c2ccc(Cl)cc2)cc(C(F)(F)F)n1)Nc1ccc(F)cc1. The van der Waals surface area contributed by atoms with Crippen LogP contribution in [0.25, 0.3) is 11.3 Å². The topological polar surface area (TPSA) is 54.9 Å². The van der Waals surface area contributed by atoms with Crippen molar-refractivity contribution in [2.45, 2.75) is 11.3 Å². The Morgan fingerprint density at radius 3 is 2.31 bits per heavy atom. The predicted octanol–water partition coefficient (Wildman–Crippen LogP) is 5.69. The second-order valence-corrected chi connectivity index (χ2v) is 7.15. The Morgan fingerprint density at radius 2 is 1.69 bits per heavy atom. The van der Waals surface area contributed by atoms with Crippen LogP contribution in [0.5, 0.6) is 0 Å². The fourth-order valence-electron chi connectivity index (χ4n) is 2.26. The third-order valence-electron chi connectivity index (χ3n) is 3.60. The van der Waals surface area contributed by atoms with Gasteiger partial charge in [-0.25, -0.2) is 14.4 Å². The zero-order chi connectivity index (χ0) is 21.0. The molecule has 150 valence electrons. The summed E-state index contributed by atoms with van der Waals surface area (Å²) in [5.74, 6) is -1.17. The maximum atomic E-state index is 13.2. The third kappa shape index (κ3) is 5.91. The summed E-state index contributed by atoms with van der Waals surface area (Å²) in [6, 6.07) is 12.1. The number of halogens is 5. The number of anilines is 1. The number of benzene rings is 2. The molecule has 29 heavy (non-hydrogen) atoms. The van der Waals surface area contributed by atoms with Gasteiger partial charge in [-0.1, -0.05) is 35.5 Å². The van der Waals surface area contributed by atoms with Gasteiger partial charge in [-0.2, -0.15) is 13.2 Å². The fraction of sp³-hybridized carbons (Fsp3) is 0.105. The molecule has 0 saturated heterocycles. The van der Waals surface area contributed by atoms with Gasteiger partial charge in [0, 0.05) is 16.3 Å². The van der Waals surface area contributed by atoms with Crippen LogP contribution in [0.15, 0.2) is 59.8 Å². The van der Waals surface area contributed by atoms with Crippen LogP contribution >= 0.6 is 23.4 Å². The van der Waals surface area contributed by atoms with Crippen molar-refractivity contribution in [2.75, 3.05) is 11.1 Å². The van der Waals surface area contributed by atoms with E-state index in [-0.39, 0.29) is 16.6 Å². The Morgan fingerprint density at radius 1 is 1.03 bits per heavy atom. The molecule has 0 aliphatic carbocycles. The summed E-state index contributed by atoms with van der Waals surface area (Å²) in [6.07, 6.45) is -4.67. The molecule has 0 unspecified atom stereocenters. The molecule has 3 rings (SSSR count). The number of carbonyl (C=O) groups excluding carboxylic acids is 1. The van der Waals surface area contributed by atoms with Crippen LogP contribution in [-0.4, -0.2) is 21.6 Å². The van der Waals surface area contributed by atoms with Crippen LogP contribution in [-0.2, 0) is 11.0 Å². The minimum atomic E-state index is -4.67. The second-order valence-electron chi connectivity index (χ2n) is 5.77. The predicted molar refractivity (Wildman–Crippen MR) is 103 cm³/mol. The largest absolute Gasteiger partial charge is 0.433 e. The highest BCUT2D eigenvalue weighted by Gasteiger charge is 2.34. The second kappa shape index (κ2) is 8.79. The maximum Gasteiger partial charge on any atom is 0.433 e. The molecule has 1 amide bonds. The van der Waals surface area contributed by atoms with Gasteiger partial charge in [0.05, 0.1) is 11.4 Å². The quantitative estimate of drug-likeness (QED) is 0.314. The van der Waals surface area contributed by atoms with Crippen molar-refractivity contribution in [3.05, 3.63) is 71.1 Å². The third-order valence-corrected chi connectivity index (χ3v) is 4.70. The van der Waals surface area contributed by atoms with Crippen LogP contribution in [0.1, 0.15) is 5.69 Å². The Kier molecular flexibility index (Phi) is 6.39. The molecule has 0 radical (unpaired) electrons. The molecule has 1 N–H and O–H groups in total. The first kappa shape index (κ1) is 21.1. The highest BCUT2D eigenvalue weighted by atomic mass is 35.5. The van der Waals surface area contributed by atoms with Crippen LogP contribution in [0.3, 0.4) is 0 Å². The van der Waals surface area contributed by atoms with Crippen LogP contribution in [0.2, 0.25) is 5.02 Å². The van der Waals surface area contributed by atoms with Gasteiger partial charge in [0.2, 0.25) is 5.91 Å². The van der Waals surface area contributed by atoms with Gasteiger partial charge in [-0.15, -0.1) is 0 Å². The van der Waals surface area contributed by atoms with Crippen LogP contribution in [0.4, 0.5) is 23.2 Å². The van der Waals surface area contributed by atoms with Gasteiger partial charge in [0.25, 0.3) is 0 Å². The van der Waals surface area contributed by atoms with Gasteiger partial charge >= 0.3 is 6.18 Å². The van der Waals surface area contributed by atoms with Crippen LogP contribution in [0, 0.1) is 5.82 Å². The first-order valence-corrected chi connectivity index (χ1v) is 9.47. The lowest BCUT2D eigenvalue weighted by Gasteiger charge is -2.11. The number of nitrogens with zero attached hydrogens (tertiary/aromatic N) is 2. The van der Waals surface area contributed by atoms with Crippen molar-refractivity contribution >= 4 is 35.0 Å². The van der Waals surface area contributed by atoms with E-state index in [4.69, 9.17) is 11.6 Å². The molecule has 0 spiro atoms. The summed E-state index contributed by atoms with van der Waals surface area (Å²) in [6.45, 7) is 0. The van der Waals surface area contributed by atoms with Crippen molar-refractivity contribution in [2.24, 2.45) is 0 Å². The standard InChI is InChI=1S/C19H12ClF4N3OS/c20-12-3-1-11(2-4-12)15-9-16(19(22,23)24)27-18(26-15)29-10-17(28)25-14-7-5-13(21)6-8-14/h1-9H,10H2,(H,25,28). The first-order chi connectivity index (χ1) is 13.7. The Hall–Kier alpha value is -2.65. The number of hydrogen-bond donors (Lipinski definition) is 1. The van der Waals surface area contributed by atoms with E-state index < -0.39 is 23.6 Å². The molecule has 0 fully saturated rings. The zero-order valence-electron chi connectivity index (χ0n) is 14.5. The summed E-state index contributed by atoms with van der Waals surface area (Å²) in [5.41, 5.74) is -0.256. The minimum absolute atomic E-state index is 0.0606. The van der Waals surface area contributed by atoms with Gasteiger partial charge in [0.15, 0.2) is 5.16 Å². The molecular formula is C19H12ClF4N3OS. The van der Waals surface area contributed by atoms with Crippen molar-refractivity contribution in [3.8, 4) is 11.3 Å². The number of hydrogen-bond acceptors (Lipinski definition) is 4. The number of amides is 1.